The van der Waals surface area contributed by atoms with Gasteiger partial charge in [-0.3, -0.25) is 0 Å². The summed E-state index contributed by atoms with van der Waals surface area (Å²) in [5, 5.41) is 1.01. The lowest BCUT2D eigenvalue weighted by Crippen LogP contribution is -2.08. The first-order chi connectivity index (χ1) is 13.0. The molecule has 0 unspecified atom stereocenters. The molecule has 0 aliphatic carbocycles. The summed E-state index contributed by atoms with van der Waals surface area (Å²) in [4.78, 5) is 9.07. The molecule has 2 aromatic rings. The van der Waals surface area contributed by atoms with Gasteiger partial charge in [-0.15, -0.1) is 0 Å². The van der Waals surface area contributed by atoms with Gasteiger partial charge in [-0.2, -0.15) is 4.98 Å². The van der Waals surface area contributed by atoms with E-state index in [-0.39, 0.29) is 0 Å². The predicted octanol–water partition coefficient (Wildman–Crippen LogP) is 7.01. The number of hydrogen-bond donors (Lipinski definition) is 1. The average molecular weight is 410 g/mol. The summed E-state index contributed by atoms with van der Waals surface area (Å²) in [7, 11) is 0. The Morgan fingerprint density at radius 3 is 2.37 bits per heavy atom. The van der Waals surface area contributed by atoms with Crippen molar-refractivity contribution in [3.8, 4) is 11.6 Å². The van der Waals surface area contributed by atoms with Gasteiger partial charge >= 0.3 is 0 Å². The van der Waals surface area contributed by atoms with E-state index in [1.54, 1.807) is 18.2 Å². The predicted molar refractivity (Wildman–Crippen MR) is 114 cm³/mol. The lowest BCUT2D eigenvalue weighted by molar-refractivity contribution is 0.450. The van der Waals surface area contributed by atoms with Crippen LogP contribution in [0, 0.1) is 0 Å². The minimum Gasteiger partial charge on any atom is -0.437 e. The summed E-state index contributed by atoms with van der Waals surface area (Å²) < 4.78 is 6.04. The van der Waals surface area contributed by atoms with Gasteiger partial charge in [0.15, 0.2) is 0 Å². The smallest absolute Gasteiger partial charge is 0.227 e. The first-order valence-corrected chi connectivity index (χ1v) is 10.6. The molecular formula is C21H29Cl2N3O. The molecule has 4 nitrogen and oxygen atoms in total. The van der Waals surface area contributed by atoms with Gasteiger partial charge in [0.25, 0.3) is 0 Å². The van der Waals surface area contributed by atoms with Gasteiger partial charge in [0.05, 0.1) is 10.6 Å². The van der Waals surface area contributed by atoms with E-state index in [4.69, 9.17) is 33.7 Å². The molecule has 1 aromatic carbocycles. The summed E-state index contributed by atoms with van der Waals surface area (Å²) in [5.41, 5.74) is 7.10. The average Bonchev–Trinajstić information content (AvgIpc) is 2.62. The normalized spacial score (nSPS) is 11.0. The Labute approximate surface area is 172 Å². The third-order valence-electron chi connectivity index (χ3n) is 4.40. The van der Waals surface area contributed by atoms with Crippen molar-refractivity contribution in [1.82, 2.24) is 9.97 Å². The summed E-state index contributed by atoms with van der Waals surface area (Å²) >= 11 is 12.2. The van der Waals surface area contributed by atoms with E-state index in [2.05, 4.69) is 23.8 Å². The summed E-state index contributed by atoms with van der Waals surface area (Å²) in [6, 6.07) is 5.15. The second-order valence-electron chi connectivity index (χ2n) is 6.75. The number of aryl methyl sites for hydroxylation is 1. The Morgan fingerprint density at radius 1 is 0.926 bits per heavy atom. The molecule has 2 N–H and O–H groups in total. The number of aromatic nitrogens is 2. The molecule has 1 heterocycles. The Bertz CT molecular complexity index is 738. The van der Waals surface area contributed by atoms with Crippen molar-refractivity contribution < 1.29 is 4.74 Å². The zero-order valence-electron chi connectivity index (χ0n) is 16.2. The fourth-order valence-corrected chi connectivity index (χ4v) is 3.37. The molecule has 0 saturated heterocycles. The van der Waals surface area contributed by atoms with Crippen molar-refractivity contribution in [3.05, 3.63) is 39.6 Å². The topological polar surface area (TPSA) is 61.0 Å². The van der Waals surface area contributed by atoms with Crippen molar-refractivity contribution in [3.63, 3.8) is 0 Å². The molecule has 0 radical (unpaired) electrons. The molecule has 0 aliphatic rings. The maximum atomic E-state index is 6.26. The molecule has 6 heteroatoms. The monoisotopic (exact) mass is 409 g/mol. The second-order valence-corrected chi connectivity index (χ2v) is 7.60. The Kier molecular flexibility index (Phi) is 9.16. The Hall–Kier alpha value is -1.52. The number of hydrogen-bond acceptors (Lipinski definition) is 4. The van der Waals surface area contributed by atoms with Crippen LogP contribution in [-0.4, -0.2) is 9.97 Å². The highest BCUT2D eigenvalue weighted by Crippen LogP contribution is 2.34. The van der Waals surface area contributed by atoms with E-state index < -0.39 is 0 Å². The molecule has 2 rings (SSSR count). The second kappa shape index (κ2) is 11.4. The first-order valence-electron chi connectivity index (χ1n) is 9.83. The van der Waals surface area contributed by atoms with E-state index in [1.807, 2.05) is 0 Å². The minimum absolute atomic E-state index is 0.447. The van der Waals surface area contributed by atoms with Crippen LogP contribution in [0.3, 0.4) is 0 Å². The van der Waals surface area contributed by atoms with Crippen LogP contribution in [0.25, 0.3) is 0 Å². The fraction of sp³-hybridized carbons (Fsp3) is 0.524. The summed E-state index contributed by atoms with van der Waals surface area (Å²) in [5.74, 6) is 2.22. The van der Waals surface area contributed by atoms with Crippen molar-refractivity contribution in [2.45, 2.75) is 71.6 Å². The number of rotatable bonds is 11. The lowest BCUT2D eigenvalue weighted by atomic mass is 10.1. The van der Waals surface area contributed by atoms with E-state index in [9.17, 15) is 0 Å². The van der Waals surface area contributed by atoms with Crippen molar-refractivity contribution in [2.75, 3.05) is 5.73 Å². The molecule has 0 spiro atoms. The van der Waals surface area contributed by atoms with E-state index >= 15 is 0 Å². The van der Waals surface area contributed by atoms with Crippen LogP contribution in [0.5, 0.6) is 11.6 Å². The van der Waals surface area contributed by atoms with Crippen LogP contribution in [0.15, 0.2) is 18.2 Å². The van der Waals surface area contributed by atoms with Gasteiger partial charge in [0.1, 0.15) is 17.4 Å². The van der Waals surface area contributed by atoms with Crippen molar-refractivity contribution >= 4 is 29.0 Å². The molecule has 27 heavy (non-hydrogen) atoms. The zero-order valence-corrected chi connectivity index (χ0v) is 17.7. The highest BCUT2D eigenvalue weighted by Gasteiger charge is 2.16. The van der Waals surface area contributed by atoms with Crippen molar-refractivity contribution in [1.29, 1.82) is 0 Å². The van der Waals surface area contributed by atoms with Gasteiger partial charge in [0, 0.05) is 11.4 Å². The Morgan fingerprint density at radius 2 is 1.67 bits per heavy atom. The largest absolute Gasteiger partial charge is 0.437 e. The van der Waals surface area contributed by atoms with Crippen LogP contribution < -0.4 is 10.5 Å². The summed E-state index contributed by atoms with van der Waals surface area (Å²) in [6.07, 6.45) is 9.75. The van der Waals surface area contributed by atoms with Crippen LogP contribution in [0.4, 0.5) is 5.82 Å². The van der Waals surface area contributed by atoms with Gasteiger partial charge < -0.3 is 10.5 Å². The quantitative estimate of drug-likeness (QED) is 0.405. The maximum Gasteiger partial charge on any atom is 0.227 e. The number of halogens is 2. The molecule has 0 amide bonds. The standard InChI is InChI=1S/C21H29Cl2N3O/c1-3-5-6-7-8-9-11-16-20(24)25-19(10-4-2)26-21(16)27-18-13-12-15(22)14-17(18)23/h12-14H,3-11H2,1-2H3,(H2,24,25,26). The van der Waals surface area contributed by atoms with E-state index in [1.165, 1.54) is 25.7 Å². The molecule has 148 valence electrons. The van der Waals surface area contributed by atoms with Crippen LogP contribution in [0.1, 0.15) is 70.2 Å². The number of benzene rings is 1. The van der Waals surface area contributed by atoms with Crippen LogP contribution in [0.2, 0.25) is 10.0 Å². The maximum absolute atomic E-state index is 6.26. The molecule has 1 aromatic heterocycles. The fourth-order valence-electron chi connectivity index (χ4n) is 2.92. The molecule has 0 atom stereocenters. The SMILES string of the molecule is CCCCCCCCc1c(N)nc(CCC)nc1Oc1ccc(Cl)cc1Cl. The Balaban J connectivity index is 2.18. The van der Waals surface area contributed by atoms with E-state index in [0.29, 0.717) is 33.3 Å². The highest BCUT2D eigenvalue weighted by atomic mass is 35.5. The van der Waals surface area contributed by atoms with Crippen LogP contribution >= 0.6 is 23.2 Å². The van der Waals surface area contributed by atoms with Gasteiger partial charge in [-0.1, -0.05) is 69.2 Å². The number of anilines is 1. The third kappa shape index (κ3) is 6.86. The lowest BCUT2D eigenvalue weighted by Gasteiger charge is -2.14. The molecule has 0 fully saturated rings. The van der Waals surface area contributed by atoms with Crippen molar-refractivity contribution in [2.24, 2.45) is 0 Å². The number of unbranched alkanes of at least 4 members (excludes halogenated alkanes) is 5. The number of nitrogen functional groups attached to an aromatic ring is 1. The molecule has 0 saturated carbocycles. The first kappa shape index (κ1) is 21.8. The van der Waals surface area contributed by atoms with Gasteiger partial charge in [0.2, 0.25) is 5.88 Å². The zero-order chi connectivity index (χ0) is 19.6. The molecule has 0 bridgehead atoms. The highest BCUT2D eigenvalue weighted by molar-refractivity contribution is 6.35. The van der Waals surface area contributed by atoms with E-state index in [0.717, 1.165) is 37.7 Å². The number of nitrogens with zero attached hydrogens (tertiary/aromatic N) is 2. The number of nitrogens with two attached hydrogens (primary N) is 1. The summed E-state index contributed by atoms with van der Waals surface area (Å²) in [6.45, 7) is 4.31. The van der Waals surface area contributed by atoms with Gasteiger partial charge in [-0.25, -0.2) is 4.98 Å². The minimum atomic E-state index is 0.447. The molecular weight excluding hydrogens is 381 g/mol. The third-order valence-corrected chi connectivity index (χ3v) is 4.93. The van der Waals surface area contributed by atoms with Gasteiger partial charge in [-0.05, 0) is 37.5 Å². The van der Waals surface area contributed by atoms with Crippen LogP contribution in [-0.2, 0) is 12.8 Å². The molecule has 0 aliphatic heterocycles. The number of ether oxygens (including phenoxy) is 1.